The second-order valence-corrected chi connectivity index (χ2v) is 7.19. The van der Waals surface area contributed by atoms with Gasteiger partial charge in [-0.25, -0.2) is 9.78 Å². The van der Waals surface area contributed by atoms with Crippen LogP contribution in [0.25, 0.3) is 33.5 Å². The van der Waals surface area contributed by atoms with E-state index in [1.807, 2.05) is 22.8 Å². The highest BCUT2D eigenvalue weighted by atomic mass is 16.3. The van der Waals surface area contributed by atoms with Gasteiger partial charge in [0.15, 0.2) is 0 Å². The number of aliphatic hydroxyl groups is 1. The Bertz CT molecular complexity index is 1180. The summed E-state index contributed by atoms with van der Waals surface area (Å²) < 4.78 is 3.49. The molecule has 2 N–H and O–H groups in total. The van der Waals surface area contributed by atoms with Crippen LogP contribution in [0.15, 0.2) is 35.4 Å². The molecule has 4 aromatic heterocycles. The van der Waals surface area contributed by atoms with Crippen LogP contribution in [0.1, 0.15) is 31.7 Å². The number of aliphatic hydroxyl groups excluding tert-OH is 1. The summed E-state index contributed by atoms with van der Waals surface area (Å²) in [5.41, 5.74) is 4.46. The lowest BCUT2D eigenvalue weighted by Gasteiger charge is -2.26. The molecule has 0 spiro atoms. The predicted octanol–water partition coefficient (Wildman–Crippen LogP) is 2.15. The van der Waals surface area contributed by atoms with E-state index < -0.39 is 0 Å². The van der Waals surface area contributed by atoms with E-state index in [1.54, 1.807) is 24.0 Å². The van der Waals surface area contributed by atoms with Crippen LogP contribution in [-0.2, 0) is 7.05 Å². The van der Waals surface area contributed by atoms with Crippen molar-refractivity contribution < 1.29 is 5.11 Å². The number of aryl methyl sites for hydroxylation is 1. The topological polar surface area (TPSA) is 102 Å². The zero-order valence-corrected chi connectivity index (χ0v) is 15.0. The molecular formula is C19H20N6O2. The normalized spacial score (nSPS) is 20.5. The second kappa shape index (κ2) is 6.02. The number of aromatic amines is 1. The lowest BCUT2D eigenvalue weighted by atomic mass is 9.93. The van der Waals surface area contributed by atoms with Crippen molar-refractivity contribution in [2.24, 2.45) is 7.05 Å². The van der Waals surface area contributed by atoms with Crippen LogP contribution < -0.4 is 5.69 Å². The fourth-order valence-electron chi connectivity index (χ4n) is 4.09. The first kappa shape index (κ1) is 16.2. The largest absolute Gasteiger partial charge is 0.393 e. The van der Waals surface area contributed by atoms with E-state index in [0.29, 0.717) is 18.4 Å². The highest BCUT2D eigenvalue weighted by molar-refractivity contribution is 6.00. The Hall–Kier alpha value is -3.00. The van der Waals surface area contributed by atoms with Gasteiger partial charge in [0.25, 0.3) is 0 Å². The third-order valence-corrected chi connectivity index (χ3v) is 5.56. The fourth-order valence-corrected chi connectivity index (χ4v) is 4.09. The van der Waals surface area contributed by atoms with Crippen LogP contribution in [0.5, 0.6) is 0 Å². The Labute approximate surface area is 154 Å². The molecule has 0 aromatic carbocycles. The molecule has 8 heteroatoms. The maximum Gasteiger partial charge on any atom is 0.329 e. The summed E-state index contributed by atoms with van der Waals surface area (Å²) in [6, 6.07) is 5.73. The summed E-state index contributed by atoms with van der Waals surface area (Å²) in [7, 11) is 1.77. The maximum absolute atomic E-state index is 13.0. The highest BCUT2D eigenvalue weighted by Gasteiger charge is 2.26. The second-order valence-electron chi connectivity index (χ2n) is 7.19. The highest BCUT2D eigenvalue weighted by Crippen LogP contribution is 2.32. The Morgan fingerprint density at radius 2 is 1.96 bits per heavy atom. The molecule has 0 saturated heterocycles. The molecule has 138 valence electrons. The van der Waals surface area contributed by atoms with Crippen molar-refractivity contribution in [1.29, 1.82) is 0 Å². The number of rotatable bonds is 2. The summed E-state index contributed by atoms with van der Waals surface area (Å²) in [5, 5.41) is 16.9. The molecule has 8 nitrogen and oxygen atoms in total. The number of hydrogen-bond donors (Lipinski definition) is 2. The standard InChI is InChI=1S/C19H20N6O2/c1-24-16-10-20-15-7-6-13(14-8-9-21-23-14)22-17(15)18(16)25(19(24)27)11-2-4-12(26)5-3-11/h6-12,26H,2-5H2,1H3,(H,21,23)/t11-,12-. The molecule has 0 unspecified atom stereocenters. The zero-order chi connectivity index (χ0) is 18.5. The minimum absolute atomic E-state index is 0.0611. The van der Waals surface area contributed by atoms with Gasteiger partial charge in [-0.2, -0.15) is 5.10 Å². The molecule has 1 fully saturated rings. The van der Waals surface area contributed by atoms with Gasteiger partial charge >= 0.3 is 5.69 Å². The van der Waals surface area contributed by atoms with E-state index >= 15 is 0 Å². The summed E-state index contributed by atoms with van der Waals surface area (Å²) in [4.78, 5) is 22.3. The van der Waals surface area contributed by atoms with Crippen molar-refractivity contribution in [3.05, 3.63) is 41.1 Å². The van der Waals surface area contributed by atoms with Gasteiger partial charge in [-0.3, -0.25) is 19.2 Å². The smallest absolute Gasteiger partial charge is 0.329 e. The van der Waals surface area contributed by atoms with Crippen LogP contribution in [0.3, 0.4) is 0 Å². The van der Waals surface area contributed by atoms with Crippen molar-refractivity contribution >= 4 is 22.1 Å². The van der Waals surface area contributed by atoms with Gasteiger partial charge in [-0.1, -0.05) is 0 Å². The summed E-state index contributed by atoms with van der Waals surface area (Å²) >= 11 is 0. The van der Waals surface area contributed by atoms with E-state index in [0.717, 1.165) is 40.8 Å². The Kier molecular flexibility index (Phi) is 3.61. The van der Waals surface area contributed by atoms with Gasteiger partial charge in [0.2, 0.25) is 0 Å². The quantitative estimate of drug-likeness (QED) is 0.567. The summed E-state index contributed by atoms with van der Waals surface area (Å²) in [5.74, 6) is 0. The third-order valence-electron chi connectivity index (χ3n) is 5.56. The molecule has 1 aliphatic rings. The summed E-state index contributed by atoms with van der Waals surface area (Å²) in [6.45, 7) is 0. The van der Waals surface area contributed by atoms with E-state index in [9.17, 15) is 9.90 Å². The minimum atomic E-state index is -0.269. The molecule has 0 atom stereocenters. The van der Waals surface area contributed by atoms with Crippen molar-refractivity contribution in [2.45, 2.75) is 37.8 Å². The lowest BCUT2D eigenvalue weighted by Crippen LogP contribution is -2.29. The number of pyridine rings is 2. The number of nitrogens with one attached hydrogen (secondary N) is 1. The van der Waals surface area contributed by atoms with Crippen molar-refractivity contribution in [1.82, 2.24) is 29.3 Å². The molecule has 0 radical (unpaired) electrons. The van der Waals surface area contributed by atoms with E-state index in [1.165, 1.54) is 0 Å². The number of imidazole rings is 1. The van der Waals surface area contributed by atoms with Crippen molar-refractivity contribution in [2.75, 3.05) is 0 Å². The zero-order valence-electron chi connectivity index (χ0n) is 15.0. The molecule has 0 bridgehead atoms. The van der Waals surface area contributed by atoms with Crippen LogP contribution in [0.4, 0.5) is 0 Å². The number of aromatic nitrogens is 6. The predicted molar refractivity (Wildman–Crippen MR) is 101 cm³/mol. The summed E-state index contributed by atoms with van der Waals surface area (Å²) in [6.07, 6.45) is 6.21. The Morgan fingerprint density at radius 1 is 1.15 bits per heavy atom. The number of fused-ring (bicyclic) bond motifs is 3. The van der Waals surface area contributed by atoms with Gasteiger partial charge < -0.3 is 5.11 Å². The van der Waals surface area contributed by atoms with Crippen molar-refractivity contribution in [3.63, 3.8) is 0 Å². The lowest BCUT2D eigenvalue weighted by molar-refractivity contribution is 0.111. The molecule has 1 saturated carbocycles. The Balaban J connectivity index is 1.79. The fraction of sp³-hybridized carbons (Fsp3) is 0.368. The number of hydrogen-bond acceptors (Lipinski definition) is 5. The van der Waals surface area contributed by atoms with Gasteiger partial charge in [0.05, 0.1) is 34.5 Å². The molecule has 1 aliphatic carbocycles. The van der Waals surface area contributed by atoms with E-state index in [4.69, 9.17) is 4.98 Å². The molecule has 4 aromatic rings. The molecule has 4 heterocycles. The molecular weight excluding hydrogens is 344 g/mol. The van der Waals surface area contributed by atoms with Gasteiger partial charge in [-0.05, 0) is 43.9 Å². The van der Waals surface area contributed by atoms with E-state index in [-0.39, 0.29) is 17.8 Å². The van der Waals surface area contributed by atoms with E-state index in [2.05, 4.69) is 15.2 Å². The first-order chi connectivity index (χ1) is 13.1. The van der Waals surface area contributed by atoms with Crippen molar-refractivity contribution in [3.8, 4) is 11.4 Å². The number of H-pyrrole nitrogens is 1. The molecule has 0 amide bonds. The van der Waals surface area contributed by atoms with Crippen LogP contribution >= 0.6 is 0 Å². The van der Waals surface area contributed by atoms with Gasteiger partial charge in [0, 0.05) is 19.3 Å². The third kappa shape index (κ3) is 2.48. The van der Waals surface area contributed by atoms with Gasteiger partial charge in [0.1, 0.15) is 11.2 Å². The average Bonchev–Trinajstić information content (AvgIpc) is 3.31. The molecule has 5 rings (SSSR count). The maximum atomic E-state index is 13.0. The average molecular weight is 364 g/mol. The SMILES string of the molecule is Cn1c(=O)n([C@H]2CC[C@H](O)CC2)c2c3nc(-c4cc[nH]n4)ccc3ncc21. The minimum Gasteiger partial charge on any atom is -0.393 e. The molecule has 0 aliphatic heterocycles. The van der Waals surface area contributed by atoms with Crippen LogP contribution in [-0.4, -0.2) is 40.5 Å². The number of nitrogens with zero attached hydrogens (tertiary/aromatic N) is 5. The van der Waals surface area contributed by atoms with Crippen LogP contribution in [0, 0.1) is 0 Å². The Morgan fingerprint density at radius 3 is 2.70 bits per heavy atom. The first-order valence-corrected chi connectivity index (χ1v) is 9.18. The first-order valence-electron chi connectivity index (χ1n) is 9.18. The molecule has 27 heavy (non-hydrogen) atoms. The van der Waals surface area contributed by atoms with Crippen LogP contribution in [0.2, 0.25) is 0 Å². The monoisotopic (exact) mass is 364 g/mol. The van der Waals surface area contributed by atoms with Gasteiger partial charge in [-0.15, -0.1) is 0 Å².